The first kappa shape index (κ1) is 22.0. The fourth-order valence-electron chi connectivity index (χ4n) is 3.82. The number of allylic oxidation sites excluding steroid dienone is 1. The Kier molecular flexibility index (Phi) is 6.81. The second-order valence-corrected chi connectivity index (χ2v) is 8.18. The highest BCUT2D eigenvalue weighted by Gasteiger charge is 2.15. The van der Waals surface area contributed by atoms with Crippen LogP contribution in [0.1, 0.15) is 24.8 Å². The van der Waals surface area contributed by atoms with E-state index in [-0.39, 0.29) is 28.5 Å². The van der Waals surface area contributed by atoms with Gasteiger partial charge in [-0.2, -0.15) is 0 Å². The Bertz CT molecular complexity index is 1140. The highest BCUT2D eigenvalue weighted by atomic mass is 35.5. The summed E-state index contributed by atoms with van der Waals surface area (Å²) < 4.78 is 14.6. The topological polar surface area (TPSA) is 58.1 Å². The van der Waals surface area contributed by atoms with E-state index in [4.69, 9.17) is 11.6 Å². The first-order chi connectivity index (χ1) is 15.5. The SMILES string of the molecule is C=CC(=O)Cc1ccc(F)c(-c2nc(Nc3cccc(N4CCCCC4)c3)ncc2Cl)c1. The van der Waals surface area contributed by atoms with Crippen LogP contribution in [0.5, 0.6) is 0 Å². The lowest BCUT2D eigenvalue weighted by atomic mass is 10.0. The summed E-state index contributed by atoms with van der Waals surface area (Å²) in [7, 11) is 0. The number of halogens is 2. The van der Waals surface area contributed by atoms with Crippen molar-refractivity contribution in [1.29, 1.82) is 0 Å². The van der Waals surface area contributed by atoms with Gasteiger partial charge in [-0.15, -0.1) is 0 Å². The van der Waals surface area contributed by atoms with Gasteiger partial charge in [-0.3, -0.25) is 4.79 Å². The van der Waals surface area contributed by atoms with Gasteiger partial charge in [0.05, 0.1) is 16.9 Å². The van der Waals surface area contributed by atoms with Crippen LogP contribution in [0.2, 0.25) is 5.02 Å². The van der Waals surface area contributed by atoms with Gasteiger partial charge in [-0.05, 0) is 61.2 Å². The molecule has 0 atom stereocenters. The molecule has 0 saturated carbocycles. The van der Waals surface area contributed by atoms with E-state index in [1.165, 1.54) is 37.6 Å². The van der Waals surface area contributed by atoms with E-state index in [9.17, 15) is 9.18 Å². The summed E-state index contributed by atoms with van der Waals surface area (Å²) in [5.74, 6) is -0.308. The van der Waals surface area contributed by atoms with Crippen molar-refractivity contribution in [2.24, 2.45) is 0 Å². The summed E-state index contributed by atoms with van der Waals surface area (Å²) in [6.45, 7) is 5.58. The summed E-state index contributed by atoms with van der Waals surface area (Å²) in [6.07, 6.45) is 6.50. The number of rotatable bonds is 7. The van der Waals surface area contributed by atoms with Crippen LogP contribution in [0, 0.1) is 5.82 Å². The molecule has 0 aliphatic carbocycles. The molecule has 4 rings (SSSR count). The van der Waals surface area contributed by atoms with E-state index >= 15 is 0 Å². The average molecular weight is 451 g/mol. The van der Waals surface area contributed by atoms with Crippen LogP contribution in [-0.2, 0) is 11.2 Å². The van der Waals surface area contributed by atoms with Crippen molar-refractivity contribution < 1.29 is 9.18 Å². The lowest BCUT2D eigenvalue weighted by molar-refractivity contribution is -0.114. The molecule has 7 heteroatoms. The molecule has 1 saturated heterocycles. The van der Waals surface area contributed by atoms with E-state index in [0.717, 1.165) is 24.5 Å². The number of benzene rings is 2. The molecular formula is C25H24ClFN4O. The highest BCUT2D eigenvalue weighted by molar-refractivity contribution is 6.32. The Hall–Kier alpha value is -3.25. The number of carbonyl (C=O) groups is 1. The Morgan fingerprint density at radius 3 is 2.78 bits per heavy atom. The maximum atomic E-state index is 14.6. The molecule has 1 N–H and O–H groups in total. The highest BCUT2D eigenvalue weighted by Crippen LogP contribution is 2.31. The van der Waals surface area contributed by atoms with Crippen LogP contribution in [0.4, 0.5) is 21.7 Å². The minimum atomic E-state index is -0.474. The summed E-state index contributed by atoms with van der Waals surface area (Å²) in [5.41, 5.74) is 3.13. The molecule has 0 bridgehead atoms. The first-order valence-electron chi connectivity index (χ1n) is 10.6. The van der Waals surface area contributed by atoms with Gasteiger partial charge >= 0.3 is 0 Å². The number of hydrogen-bond acceptors (Lipinski definition) is 5. The molecule has 164 valence electrons. The molecule has 0 amide bonds. The third kappa shape index (κ3) is 5.14. The van der Waals surface area contributed by atoms with Gasteiger partial charge in [0.15, 0.2) is 5.78 Å². The summed E-state index contributed by atoms with van der Waals surface area (Å²) in [6, 6.07) is 12.6. The van der Waals surface area contributed by atoms with Crippen molar-refractivity contribution >= 4 is 34.7 Å². The van der Waals surface area contributed by atoms with E-state index < -0.39 is 5.82 Å². The number of nitrogens with zero attached hydrogens (tertiary/aromatic N) is 3. The van der Waals surface area contributed by atoms with Gasteiger partial charge in [0.1, 0.15) is 5.82 Å². The maximum Gasteiger partial charge on any atom is 0.227 e. The molecule has 5 nitrogen and oxygen atoms in total. The quantitative estimate of drug-likeness (QED) is 0.449. The number of piperidine rings is 1. The second kappa shape index (κ2) is 9.92. The van der Waals surface area contributed by atoms with Crippen LogP contribution in [-0.4, -0.2) is 28.8 Å². The minimum absolute atomic E-state index is 0.133. The fourth-order valence-corrected chi connectivity index (χ4v) is 4.01. The standard InChI is InChI=1S/C25H24ClFN4O/c1-2-20(32)13-17-9-10-23(27)21(14-17)24-22(26)16-28-25(30-24)29-18-7-6-8-19(15-18)31-11-4-3-5-12-31/h2,6-10,14-16H,1,3-5,11-13H2,(H,28,29,30). The summed E-state index contributed by atoms with van der Waals surface area (Å²) >= 11 is 6.31. The molecule has 1 aliphatic heterocycles. The lowest BCUT2D eigenvalue weighted by Gasteiger charge is -2.29. The van der Waals surface area contributed by atoms with Crippen LogP contribution in [0.3, 0.4) is 0 Å². The third-order valence-electron chi connectivity index (χ3n) is 5.46. The van der Waals surface area contributed by atoms with Crippen LogP contribution >= 0.6 is 11.6 Å². The monoisotopic (exact) mass is 450 g/mol. The number of nitrogens with one attached hydrogen (secondary N) is 1. The summed E-state index contributed by atoms with van der Waals surface area (Å²) in [5, 5.41) is 3.42. The number of ketones is 1. The van der Waals surface area contributed by atoms with Crippen molar-refractivity contribution in [1.82, 2.24) is 9.97 Å². The van der Waals surface area contributed by atoms with E-state index in [2.05, 4.69) is 38.9 Å². The van der Waals surface area contributed by atoms with Crippen LogP contribution in [0.15, 0.2) is 61.3 Å². The maximum absolute atomic E-state index is 14.6. The smallest absolute Gasteiger partial charge is 0.227 e. The minimum Gasteiger partial charge on any atom is -0.371 e. The molecule has 2 heterocycles. The third-order valence-corrected chi connectivity index (χ3v) is 5.74. The van der Waals surface area contributed by atoms with E-state index in [0.29, 0.717) is 11.5 Å². The number of anilines is 3. The van der Waals surface area contributed by atoms with Gasteiger partial charge in [0.25, 0.3) is 0 Å². The van der Waals surface area contributed by atoms with E-state index in [1.54, 1.807) is 12.1 Å². The predicted octanol–water partition coefficient (Wildman–Crippen LogP) is 5.97. The van der Waals surface area contributed by atoms with Crippen molar-refractivity contribution in [3.8, 4) is 11.3 Å². The number of aromatic nitrogens is 2. The zero-order valence-electron chi connectivity index (χ0n) is 17.7. The molecule has 1 aliphatic rings. The molecular weight excluding hydrogens is 427 g/mol. The number of carbonyl (C=O) groups excluding carboxylic acids is 1. The Morgan fingerprint density at radius 1 is 1.19 bits per heavy atom. The van der Waals surface area contributed by atoms with Gasteiger partial charge in [0.2, 0.25) is 5.95 Å². The molecule has 2 aromatic carbocycles. The normalized spacial score (nSPS) is 13.6. The number of hydrogen-bond donors (Lipinski definition) is 1. The Morgan fingerprint density at radius 2 is 2.00 bits per heavy atom. The van der Waals surface area contributed by atoms with Crippen molar-refractivity contribution in [3.05, 3.63) is 77.7 Å². The second-order valence-electron chi connectivity index (χ2n) is 7.77. The van der Waals surface area contributed by atoms with Gasteiger partial charge in [-0.1, -0.05) is 30.3 Å². The van der Waals surface area contributed by atoms with Crippen molar-refractivity contribution in [3.63, 3.8) is 0 Å². The van der Waals surface area contributed by atoms with Crippen molar-refractivity contribution in [2.45, 2.75) is 25.7 Å². The lowest BCUT2D eigenvalue weighted by Crippen LogP contribution is -2.29. The van der Waals surface area contributed by atoms with E-state index in [1.807, 2.05) is 12.1 Å². The Labute approximate surface area is 192 Å². The molecule has 0 spiro atoms. The first-order valence-corrected chi connectivity index (χ1v) is 11.0. The van der Waals surface area contributed by atoms with Gasteiger partial charge < -0.3 is 10.2 Å². The molecule has 32 heavy (non-hydrogen) atoms. The average Bonchev–Trinajstić information content (AvgIpc) is 2.82. The molecule has 0 radical (unpaired) electrons. The van der Waals surface area contributed by atoms with Gasteiger partial charge in [-0.25, -0.2) is 14.4 Å². The predicted molar refractivity (Wildman–Crippen MR) is 127 cm³/mol. The van der Waals surface area contributed by atoms with Crippen LogP contribution < -0.4 is 10.2 Å². The fraction of sp³-hybridized carbons (Fsp3) is 0.240. The largest absolute Gasteiger partial charge is 0.371 e. The Balaban J connectivity index is 1.61. The van der Waals surface area contributed by atoms with Crippen molar-refractivity contribution in [2.75, 3.05) is 23.3 Å². The molecule has 1 aromatic heterocycles. The van der Waals surface area contributed by atoms with Crippen LogP contribution in [0.25, 0.3) is 11.3 Å². The molecule has 1 fully saturated rings. The zero-order valence-corrected chi connectivity index (χ0v) is 18.4. The molecule has 0 unspecified atom stereocenters. The van der Waals surface area contributed by atoms with Gasteiger partial charge in [0, 0.05) is 36.4 Å². The molecule has 3 aromatic rings. The zero-order chi connectivity index (χ0) is 22.5. The summed E-state index contributed by atoms with van der Waals surface area (Å²) in [4.78, 5) is 22.8.